The van der Waals surface area contributed by atoms with Crippen molar-refractivity contribution in [1.29, 1.82) is 0 Å². The Kier molecular flexibility index (Phi) is 6.37. The van der Waals surface area contributed by atoms with E-state index in [0.29, 0.717) is 54.7 Å². The lowest BCUT2D eigenvalue weighted by molar-refractivity contribution is -0.122. The van der Waals surface area contributed by atoms with Crippen LogP contribution in [0, 0.1) is 0 Å². The fourth-order valence-electron chi connectivity index (χ4n) is 2.77. The smallest absolute Gasteiger partial charge is 0.265 e. The highest BCUT2D eigenvalue weighted by Crippen LogP contribution is 2.32. The van der Waals surface area contributed by atoms with Crippen LogP contribution in [0.1, 0.15) is 26.7 Å². The Hall–Kier alpha value is -3.22. The minimum atomic E-state index is -0.527. The van der Waals surface area contributed by atoms with Gasteiger partial charge in [0.25, 0.3) is 5.91 Å². The van der Waals surface area contributed by atoms with Crippen molar-refractivity contribution in [3.05, 3.63) is 42.5 Å². The topological polar surface area (TPSA) is 85.9 Å². The number of nitrogens with one attached hydrogen (secondary N) is 2. The van der Waals surface area contributed by atoms with Crippen molar-refractivity contribution < 1.29 is 23.8 Å². The Balaban J connectivity index is 1.46. The normalized spacial score (nSPS) is 15.1. The molecule has 7 heteroatoms. The van der Waals surface area contributed by atoms with Gasteiger partial charge in [0.05, 0.1) is 18.9 Å². The van der Waals surface area contributed by atoms with Crippen molar-refractivity contribution in [3.8, 4) is 17.2 Å². The average molecular weight is 384 g/mol. The summed E-state index contributed by atoms with van der Waals surface area (Å²) in [7, 11) is 0. The molecule has 7 nitrogen and oxygen atoms in total. The van der Waals surface area contributed by atoms with Crippen LogP contribution in [0.2, 0.25) is 0 Å². The Morgan fingerprint density at radius 2 is 1.93 bits per heavy atom. The molecule has 1 aliphatic heterocycles. The molecule has 0 bridgehead atoms. The summed E-state index contributed by atoms with van der Waals surface area (Å²) in [5, 5.41) is 5.58. The molecule has 0 saturated carbocycles. The highest BCUT2D eigenvalue weighted by molar-refractivity contribution is 5.99. The van der Waals surface area contributed by atoms with Gasteiger partial charge in [0.2, 0.25) is 5.91 Å². The molecule has 2 aromatic rings. The van der Waals surface area contributed by atoms with Crippen LogP contribution in [0.5, 0.6) is 17.2 Å². The summed E-state index contributed by atoms with van der Waals surface area (Å²) < 4.78 is 16.7. The van der Waals surface area contributed by atoms with Crippen LogP contribution in [0.25, 0.3) is 0 Å². The third-order valence-electron chi connectivity index (χ3n) is 4.15. The maximum Gasteiger partial charge on any atom is 0.265 e. The molecule has 1 heterocycles. The third kappa shape index (κ3) is 4.94. The number of fused-ring (bicyclic) bond motifs is 1. The number of rotatable bonds is 8. The average Bonchev–Trinajstić information content (AvgIpc) is 2.68. The second kappa shape index (κ2) is 9.12. The van der Waals surface area contributed by atoms with Gasteiger partial charge in [0, 0.05) is 12.1 Å². The zero-order valence-electron chi connectivity index (χ0n) is 16.0. The predicted octanol–water partition coefficient (Wildman–Crippen LogP) is 3.60. The lowest BCUT2D eigenvalue weighted by Crippen LogP contribution is -2.34. The number of hydrogen-bond acceptors (Lipinski definition) is 5. The summed E-state index contributed by atoms with van der Waals surface area (Å²) >= 11 is 0. The molecule has 2 aromatic carbocycles. The van der Waals surface area contributed by atoms with E-state index < -0.39 is 6.10 Å². The SMILES string of the molecule is CCOc1ccccc1OCCCC(=O)Nc1ccc2c(c1)NC(=O)[C@H](C)O2. The molecule has 2 N–H and O–H groups in total. The summed E-state index contributed by atoms with van der Waals surface area (Å²) in [6.07, 6.45) is 0.350. The molecule has 2 amide bonds. The third-order valence-corrected chi connectivity index (χ3v) is 4.15. The van der Waals surface area contributed by atoms with Crippen molar-refractivity contribution in [1.82, 2.24) is 0 Å². The number of carbonyl (C=O) groups is 2. The van der Waals surface area contributed by atoms with E-state index in [9.17, 15) is 9.59 Å². The maximum atomic E-state index is 12.2. The molecule has 0 saturated heterocycles. The molecular weight excluding hydrogens is 360 g/mol. The quantitative estimate of drug-likeness (QED) is 0.679. The van der Waals surface area contributed by atoms with Gasteiger partial charge in [-0.05, 0) is 50.6 Å². The first-order chi connectivity index (χ1) is 13.6. The number of hydrogen-bond donors (Lipinski definition) is 2. The van der Waals surface area contributed by atoms with E-state index in [4.69, 9.17) is 14.2 Å². The molecule has 1 aliphatic rings. The van der Waals surface area contributed by atoms with E-state index in [0.717, 1.165) is 0 Å². The molecular formula is C21H24N2O5. The largest absolute Gasteiger partial charge is 0.490 e. The number of carbonyl (C=O) groups excluding carboxylic acids is 2. The zero-order chi connectivity index (χ0) is 19.9. The second-order valence-electron chi connectivity index (χ2n) is 6.34. The van der Waals surface area contributed by atoms with Crippen LogP contribution >= 0.6 is 0 Å². The Labute approximate surface area is 164 Å². The maximum absolute atomic E-state index is 12.2. The van der Waals surface area contributed by atoms with Crippen LogP contribution in [0.15, 0.2) is 42.5 Å². The van der Waals surface area contributed by atoms with Gasteiger partial charge in [-0.2, -0.15) is 0 Å². The van der Waals surface area contributed by atoms with Crippen LogP contribution in [-0.2, 0) is 9.59 Å². The first kappa shape index (κ1) is 19.5. The van der Waals surface area contributed by atoms with Crippen LogP contribution < -0.4 is 24.8 Å². The van der Waals surface area contributed by atoms with E-state index in [2.05, 4.69) is 10.6 Å². The molecule has 1 atom stereocenters. The zero-order valence-corrected chi connectivity index (χ0v) is 16.0. The first-order valence-corrected chi connectivity index (χ1v) is 9.33. The lowest BCUT2D eigenvalue weighted by Gasteiger charge is -2.23. The van der Waals surface area contributed by atoms with E-state index in [1.807, 2.05) is 31.2 Å². The molecule has 28 heavy (non-hydrogen) atoms. The Morgan fingerprint density at radius 3 is 2.68 bits per heavy atom. The van der Waals surface area contributed by atoms with Gasteiger partial charge in [-0.1, -0.05) is 12.1 Å². The van der Waals surface area contributed by atoms with Crippen molar-refractivity contribution in [3.63, 3.8) is 0 Å². The van der Waals surface area contributed by atoms with Gasteiger partial charge >= 0.3 is 0 Å². The fourth-order valence-corrected chi connectivity index (χ4v) is 2.77. The van der Waals surface area contributed by atoms with Gasteiger partial charge in [-0.15, -0.1) is 0 Å². The van der Waals surface area contributed by atoms with Crippen LogP contribution in [0.3, 0.4) is 0 Å². The molecule has 3 rings (SSSR count). The van der Waals surface area contributed by atoms with Crippen molar-refractivity contribution >= 4 is 23.2 Å². The summed E-state index contributed by atoms with van der Waals surface area (Å²) in [6.45, 7) is 4.57. The van der Waals surface area contributed by atoms with Gasteiger partial charge in [-0.25, -0.2) is 0 Å². The first-order valence-electron chi connectivity index (χ1n) is 9.33. The summed E-state index contributed by atoms with van der Waals surface area (Å²) in [5.74, 6) is 1.62. The number of amides is 2. The number of ether oxygens (including phenoxy) is 3. The van der Waals surface area contributed by atoms with Gasteiger partial charge in [0.1, 0.15) is 5.75 Å². The highest BCUT2D eigenvalue weighted by Gasteiger charge is 2.23. The van der Waals surface area contributed by atoms with E-state index in [1.54, 1.807) is 25.1 Å². The molecule has 0 spiro atoms. The molecule has 0 radical (unpaired) electrons. The number of benzene rings is 2. The number of para-hydroxylation sites is 2. The minimum Gasteiger partial charge on any atom is -0.490 e. The molecule has 148 valence electrons. The summed E-state index contributed by atoms with van der Waals surface area (Å²) in [4.78, 5) is 23.9. The van der Waals surface area contributed by atoms with E-state index in [-0.39, 0.29) is 11.8 Å². The molecule has 0 aromatic heterocycles. The monoisotopic (exact) mass is 384 g/mol. The lowest BCUT2D eigenvalue weighted by atomic mass is 10.2. The Morgan fingerprint density at radius 1 is 1.18 bits per heavy atom. The molecule has 0 aliphatic carbocycles. The van der Waals surface area contributed by atoms with E-state index >= 15 is 0 Å². The number of anilines is 2. The van der Waals surface area contributed by atoms with Crippen molar-refractivity contribution in [2.75, 3.05) is 23.8 Å². The Bertz CT molecular complexity index is 852. The van der Waals surface area contributed by atoms with Crippen LogP contribution in [0.4, 0.5) is 11.4 Å². The summed E-state index contributed by atoms with van der Waals surface area (Å²) in [5.41, 5.74) is 1.15. The van der Waals surface area contributed by atoms with Crippen molar-refractivity contribution in [2.24, 2.45) is 0 Å². The second-order valence-corrected chi connectivity index (χ2v) is 6.34. The van der Waals surface area contributed by atoms with Crippen molar-refractivity contribution in [2.45, 2.75) is 32.8 Å². The predicted molar refractivity (Wildman–Crippen MR) is 106 cm³/mol. The minimum absolute atomic E-state index is 0.127. The van der Waals surface area contributed by atoms with Crippen LogP contribution in [-0.4, -0.2) is 31.1 Å². The standard InChI is InChI=1S/C21H24N2O5/c1-3-26-18-7-4-5-8-19(18)27-12-6-9-20(24)22-15-10-11-17-16(13-15)23-21(25)14(2)28-17/h4-5,7-8,10-11,13-14H,3,6,9,12H2,1-2H3,(H,22,24)(H,23,25)/t14-/m0/s1. The van der Waals surface area contributed by atoms with E-state index in [1.165, 1.54) is 0 Å². The van der Waals surface area contributed by atoms with Gasteiger partial charge in [-0.3, -0.25) is 9.59 Å². The highest BCUT2D eigenvalue weighted by atomic mass is 16.5. The molecule has 0 fully saturated rings. The molecule has 0 unspecified atom stereocenters. The van der Waals surface area contributed by atoms with Gasteiger partial charge < -0.3 is 24.8 Å². The summed E-state index contributed by atoms with van der Waals surface area (Å²) in [6, 6.07) is 12.6. The fraction of sp³-hybridized carbons (Fsp3) is 0.333. The van der Waals surface area contributed by atoms with Gasteiger partial charge in [0.15, 0.2) is 17.6 Å².